The molecule has 1 saturated heterocycles. The average Bonchev–Trinajstić information content (AvgIpc) is 2.95. The summed E-state index contributed by atoms with van der Waals surface area (Å²) in [5.41, 5.74) is 0.499. The second kappa shape index (κ2) is 5.37. The Morgan fingerprint density at radius 3 is 2.57 bits per heavy atom. The fourth-order valence-corrected chi connectivity index (χ4v) is 4.07. The van der Waals surface area contributed by atoms with E-state index in [9.17, 15) is 18.7 Å². The van der Waals surface area contributed by atoms with Gasteiger partial charge in [-0.1, -0.05) is 6.42 Å². The summed E-state index contributed by atoms with van der Waals surface area (Å²) in [6.45, 7) is 2.52. The molecule has 2 fully saturated rings. The fraction of sp³-hybridized carbons (Fsp3) is 0.562. The molecule has 2 aliphatic rings. The lowest BCUT2D eigenvalue weighted by Crippen LogP contribution is -2.41. The van der Waals surface area contributed by atoms with Gasteiger partial charge in [0.1, 0.15) is 17.7 Å². The highest BCUT2D eigenvalue weighted by Crippen LogP contribution is 2.45. The Kier molecular flexibility index (Phi) is 3.69. The van der Waals surface area contributed by atoms with Gasteiger partial charge in [-0.15, -0.1) is 0 Å². The lowest BCUT2D eigenvalue weighted by atomic mass is 9.94. The van der Waals surface area contributed by atoms with Crippen molar-refractivity contribution in [3.05, 3.63) is 35.4 Å². The molecule has 21 heavy (non-hydrogen) atoms. The molecule has 1 aromatic carbocycles. The summed E-state index contributed by atoms with van der Waals surface area (Å²) in [4.78, 5) is 13.5. The third-order valence-electron chi connectivity index (χ3n) is 5.04. The van der Waals surface area contributed by atoms with Crippen LogP contribution in [0.4, 0.5) is 8.78 Å². The van der Waals surface area contributed by atoms with Crippen molar-refractivity contribution in [1.82, 2.24) is 4.90 Å². The molecule has 1 N–H and O–H groups in total. The van der Waals surface area contributed by atoms with E-state index in [1.807, 2.05) is 11.8 Å². The predicted molar refractivity (Wildman–Crippen MR) is 73.7 cm³/mol. The number of hydrogen-bond donors (Lipinski definition) is 1. The zero-order valence-corrected chi connectivity index (χ0v) is 11.9. The first-order chi connectivity index (χ1) is 9.97. The SMILES string of the molecule is CC(c1cc(F)cc(F)c1)N1CC2CCCC2C1C(=O)O. The Bertz CT molecular complexity index is 543. The number of benzene rings is 1. The van der Waals surface area contributed by atoms with Crippen molar-refractivity contribution in [2.75, 3.05) is 6.54 Å². The number of fused-ring (bicyclic) bond motifs is 1. The van der Waals surface area contributed by atoms with Crippen molar-refractivity contribution >= 4 is 5.97 Å². The smallest absolute Gasteiger partial charge is 0.321 e. The standard InChI is InChI=1S/C16H19F2NO2/c1-9(11-5-12(17)7-13(18)6-11)19-8-10-3-2-4-14(10)15(19)16(20)21/h5-7,9-10,14-15H,2-4,8H2,1H3,(H,20,21). The van der Waals surface area contributed by atoms with Crippen LogP contribution in [-0.4, -0.2) is 28.6 Å². The summed E-state index contributed by atoms with van der Waals surface area (Å²) in [6.07, 6.45) is 3.06. The lowest BCUT2D eigenvalue weighted by molar-refractivity contribution is -0.144. The van der Waals surface area contributed by atoms with Crippen molar-refractivity contribution in [3.63, 3.8) is 0 Å². The van der Waals surface area contributed by atoms with Gasteiger partial charge in [-0.05, 0) is 49.3 Å². The highest BCUT2D eigenvalue weighted by Gasteiger charge is 2.49. The Hall–Kier alpha value is -1.49. The van der Waals surface area contributed by atoms with Crippen LogP contribution in [0.2, 0.25) is 0 Å². The first-order valence-electron chi connectivity index (χ1n) is 7.42. The van der Waals surface area contributed by atoms with Crippen molar-refractivity contribution in [1.29, 1.82) is 0 Å². The number of carbonyl (C=O) groups is 1. The molecule has 0 amide bonds. The molecule has 1 heterocycles. The molecule has 1 saturated carbocycles. The van der Waals surface area contributed by atoms with Crippen LogP contribution < -0.4 is 0 Å². The molecule has 0 spiro atoms. The van der Waals surface area contributed by atoms with Crippen LogP contribution in [0.15, 0.2) is 18.2 Å². The topological polar surface area (TPSA) is 40.5 Å². The Labute approximate surface area is 122 Å². The van der Waals surface area contributed by atoms with Gasteiger partial charge < -0.3 is 5.11 Å². The molecule has 3 rings (SSSR count). The third-order valence-corrected chi connectivity index (χ3v) is 5.04. The molecular weight excluding hydrogens is 276 g/mol. The zero-order chi connectivity index (χ0) is 15.1. The number of carboxylic acid groups (broad SMARTS) is 1. The van der Waals surface area contributed by atoms with E-state index in [1.54, 1.807) is 0 Å². The van der Waals surface area contributed by atoms with E-state index in [2.05, 4.69) is 0 Å². The van der Waals surface area contributed by atoms with Gasteiger partial charge >= 0.3 is 5.97 Å². The molecule has 1 aromatic rings. The molecule has 114 valence electrons. The predicted octanol–water partition coefficient (Wildman–Crippen LogP) is 3.21. The normalized spacial score (nSPS) is 30.3. The number of halogens is 2. The van der Waals surface area contributed by atoms with Crippen molar-refractivity contribution < 1.29 is 18.7 Å². The zero-order valence-electron chi connectivity index (χ0n) is 11.9. The Morgan fingerprint density at radius 2 is 1.95 bits per heavy atom. The van der Waals surface area contributed by atoms with Crippen LogP contribution in [0.3, 0.4) is 0 Å². The van der Waals surface area contributed by atoms with Gasteiger partial charge in [0.25, 0.3) is 0 Å². The Balaban J connectivity index is 1.89. The molecule has 4 atom stereocenters. The van der Waals surface area contributed by atoms with Crippen LogP contribution in [0, 0.1) is 23.5 Å². The van der Waals surface area contributed by atoms with Crippen molar-refractivity contribution in [3.8, 4) is 0 Å². The summed E-state index contributed by atoms with van der Waals surface area (Å²) in [7, 11) is 0. The molecule has 0 radical (unpaired) electrons. The number of likely N-dealkylation sites (tertiary alicyclic amines) is 1. The fourth-order valence-electron chi connectivity index (χ4n) is 4.07. The summed E-state index contributed by atoms with van der Waals surface area (Å²) in [6, 6.07) is 2.58. The molecule has 5 heteroatoms. The number of nitrogens with zero attached hydrogens (tertiary/aromatic N) is 1. The van der Waals surface area contributed by atoms with Crippen molar-refractivity contribution in [2.24, 2.45) is 11.8 Å². The first-order valence-corrected chi connectivity index (χ1v) is 7.42. The van der Waals surface area contributed by atoms with Gasteiger partial charge in [0.05, 0.1) is 0 Å². The monoisotopic (exact) mass is 295 g/mol. The minimum absolute atomic E-state index is 0.170. The van der Waals surface area contributed by atoms with Gasteiger partial charge in [-0.2, -0.15) is 0 Å². The van der Waals surface area contributed by atoms with Crippen molar-refractivity contribution in [2.45, 2.75) is 38.3 Å². The number of aliphatic carboxylic acids is 1. The van der Waals surface area contributed by atoms with E-state index in [-0.39, 0.29) is 12.0 Å². The van der Waals surface area contributed by atoms with Gasteiger partial charge in [-0.25, -0.2) is 8.78 Å². The number of rotatable bonds is 3. The van der Waals surface area contributed by atoms with Crippen LogP contribution in [-0.2, 0) is 4.79 Å². The van der Waals surface area contributed by atoms with Gasteiger partial charge in [0, 0.05) is 18.7 Å². The molecule has 4 unspecified atom stereocenters. The highest BCUT2D eigenvalue weighted by atomic mass is 19.1. The molecule has 3 nitrogen and oxygen atoms in total. The van der Waals surface area contributed by atoms with E-state index in [4.69, 9.17) is 0 Å². The Morgan fingerprint density at radius 1 is 1.29 bits per heavy atom. The summed E-state index contributed by atoms with van der Waals surface area (Å²) in [5, 5.41) is 9.55. The van der Waals surface area contributed by atoms with Gasteiger partial charge in [0.2, 0.25) is 0 Å². The minimum atomic E-state index is -0.826. The lowest BCUT2D eigenvalue weighted by Gasteiger charge is -2.30. The average molecular weight is 295 g/mol. The second-order valence-electron chi connectivity index (χ2n) is 6.21. The minimum Gasteiger partial charge on any atom is -0.480 e. The maximum Gasteiger partial charge on any atom is 0.321 e. The first kappa shape index (κ1) is 14.4. The summed E-state index contributed by atoms with van der Waals surface area (Å²) >= 11 is 0. The maximum absolute atomic E-state index is 13.4. The number of carboxylic acids is 1. The van der Waals surface area contributed by atoms with E-state index in [0.717, 1.165) is 25.3 Å². The van der Waals surface area contributed by atoms with E-state index >= 15 is 0 Å². The van der Waals surface area contributed by atoms with Gasteiger partial charge in [-0.3, -0.25) is 9.69 Å². The van der Waals surface area contributed by atoms with E-state index in [0.29, 0.717) is 18.0 Å². The summed E-state index contributed by atoms with van der Waals surface area (Å²) < 4.78 is 26.8. The van der Waals surface area contributed by atoms with Crippen LogP contribution in [0.1, 0.15) is 37.8 Å². The van der Waals surface area contributed by atoms with E-state index in [1.165, 1.54) is 12.1 Å². The largest absolute Gasteiger partial charge is 0.480 e. The van der Waals surface area contributed by atoms with E-state index < -0.39 is 23.6 Å². The number of hydrogen-bond acceptors (Lipinski definition) is 2. The third kappa shape index (κ3) is 2.55. The second-order valence-corrected chi connectivity index (χ2v) is 6.21. The quantitative estimate of drug-likeness (QED) is 0.931. The van der Waals surface area contributed by atoms with Crippen LogP contribution >= 0.6 is 0 Å². The van der Waals surface area contributed by atoms with Gasteiger partial charge in [0.15, 0.2) is 0 Å². The highest BCUT2D eigenvalue weighted by molar-refractivity contribution is 5.74. The molecular formula is C16H19F2NO2. The molecule has 0 bridgehead atoms. The van der Waals surface area contributed by atoms with Crippen LogP contribution in [0.25, 0.3) is 0 Å². The molecule has 0 aromatic heterocycles. The summed E-state index contributed by atoms with van der Waals surface area (Å²) in [5.74, 6) is -1.50. The van der Waals surface area contributed by atoms with Crippen LogP contribution in [0.5, 0.6) is 0 Å². The maximum atomic E-state index is 13.4. The molecule has 1 aliphatic heterocycles. The molecule has 1 aliphatic carbocycles.